The lowest BCUT2D eigenvalue weighted by Gasteiger charge is -2.23. The van der Waals surface area contributed by atoms with Crippen molar-refractivity contribution in [1.82, 2.24) is 15.0 Å². The van der Waals surface area contributed by atoms with Gasteiger partial charge in [0.25, 0.3) is 5.91 Å². The Morgan fingerprint density at radius 3 is 2.64 bits per heavy atom. The number of carbonyl (C=O) groups excluding carboxylic acids is 1. The molecule has 1 fully saturated rings. The van der Waals surface area contributed by atoms with Crippen LogP contribution in [0.3, 0.4) is 0 Å². The minimum Gasteiger partial charge on any atom is -0.490 e. The van der Waals surface area contributed by atoms with Gasteiger partial charge in [0, 0.05) is 42.5 Å². The van der Waals surface area contributed by atoms with Crippen LogP contribution >= 0.6 is 0 Å². The van der Waals surface area contributed by atoms with Crippen LogP contribution in [0.5, 0.6) is 17.2 Å². The lowest BCUT2D eigenvalue weighted by Crippen LogP contribution is -2.26. The van der Waals surface area contributed by atoms with Gasteiger partial charge in [0.2, 0.25) is 0 Å². The summed E-state index contributed by atoms with van der Waals surface area (Å²) < 4.78 is 13.9. The third kappa shape index (κ3) is 5.13. The quantitative estimate of drug-likeness (QED) is 0.321. The Morgan fingerprint density at radius 1 is 1.08 bits per heavy atom. The van der Waals surface area contributed by atoms with E-state index in [1.54, 1.807) is 18.3 Å². The summed E-state index contributed by atoms with van der Waals surface area (Å²) in [6.07, 6.45) is 5.81. The average molecular weight is 486 g/mol. The summed E-state index contributed by atoms with van der Waals surface area (Å²) in [6.45, 7) is 4.53. The second kappa shape index (κ2) is 10.7. The summed E-state index contributed by atoms with van der Waals surface area (Å²) in [5, 5.41) is 7.28. The van der Waals surface area contributed by atoms with Gasteiger partial charge in [-0.05, 0) is 74.7 Å². The van der Waals surface area contributed by atoms with Crippen molar-refractivity contribution >= 4 is 22.6 Å². The Hall–Kier alpha value is -4.04. The zero-order valence-electron chi connectivity index (χ0n) is 20.6. The van der Waals surface area contributed by atoms with E-state index in [0.717, 1.165) is 36.8 Å². The molecule has 8 nitrogen and oxygen atoms in total. The van der Waals surface area contributed by atoms with Crippen LogP contribution < -0.4 is 25.5 Å². The molecule has 3 heterocycles. The second-order valence-electron chi connectivity index (χ2n) is 8.78. The standard InChI is InChI=1S/C28H31N5O3/c1-3-35-25-18-24-22(11-15-33(24)29-2)16-26(25)36-23-10-14-31-27(17-23)32-28(34)21-6-4-19(5-7-21)20-8-12-30-13-9-20/h4-7,10-11,14-18,20,29-30H,3,8-9,12-13H2,1-2H3,(H,31,32,34). The van der Waals surface area contributed by atoms with E-state index < -0.39 is 0 Å². The zero-order chi connectivity index (χ0) is 24.9. The molecule has 0 unspecified atom stereocenters. The van der Waals surface area contributed by atoms with E-state index in [0.29, 0.717) is 41.2 Å². The van der Waals surface area contributed by atoms with Crippen LogP contribution in [0.15, 0.2) is 67.0 Å². The van der Waals surface area contributed by atoms with Gasteiger partial charge in [0.15, 0.2) is 11.5 Å². The molecule has 8 heteroatoms. The summed E-state index contributed by atoms with van der Waals surface area (Å²) in [7, 11) is 1.86. The zero-order valence-corrected chi connectivity index (χ0v) is 20.6. The Labute approximate surface area is 210 Å². The van der Waals surface area contributed by atoms with Crippen LogP contribution in [0.2, 0.25) is 0 Å². The minimum absolute atomic E-state index is 0.207. The molecule has 1 saturated heterocycles. The topological polar surface area (TPSA) is 89.4 Å². The van der Waals surface area contributed by atoms with Gasteiger partial charge in [-0.25, -0.2) is 4.98 Å². The van der Waals surface area contributed by atoms with E-state index in [-0.39, 0.29) is 5.91 Å². The van der Waals surface area contributed by atoms with Crippen molar-refractivity contribution in [2.75, 3.05) is 37.5 Å². The number of ether oxygens (including phenoxy) is 2. The Balaban J connectivity index is 1.31. The van der Waals surface area contributed by atoms with Crippen molar-refractivity contribution in [3.05, 3.63) is 78.1 Å². The lowest BCUT2D eigenvalue weighted by atomic mass is 9.90. The van der Waals surface area contributed by atoms with Crippen molar-refractivity contribution in [1.29, 1.82) is 0 Å². The van der Waals surface area contributed by atoms with Crippen molar-refractivity contribution in [2.45, 2.75) is 25.7 Å². The summed E-state index contributed by atoms with van der Waals surface area (Å²) in [4.78, 5) is 17.2. The second-order valence-corrected chi connectivity index (χ2v) is 8.78. The number of pyridine rings is 1. The van der Waals surface area contributed by atoms with E-state index in [9.17, 15) is 4.79 Å². The molecular weight excluding hydrogens is 454 g/mol. The Morgan fingerprint density at radius 2 is 1.89 bits per heavy atom. The fraction of sp³-hybridized carbons (Fsp3) is 0.286. The first-order valence-electron chi connectivity index (χ1n) is 12.4. The van der Waals surface area contributed by atoms with Gasteiger partial charge >= 0.3 is 0 Å². The monoisotopic (exact) mass is 485 g/mol. The van der Waals surface area contributed by atoms with Gasteiger partial charge in [-0.2, -0.15) is 0 Å². The number of nitrogens with one attached hydrogen (secondary N) is 3. The number of benzene rings is 2. The molecule has 0 atom stereocenters. The molecule has 4 aromatic rings. The number of amides is 1. The highest BCUT2D eigenvalue weighted by Gasteiger charge is 2.16. The summed E-state index contributed by atoms with van der Waals surface area (Å²) in [6, 6.07) is 17.2. The van der Waals surface area contributed by atoms with E-state index in [2.05, 4.69) is 33.2 Å². The number of fused-ring (bicyclic) bond motifs is 1. The summed E-state index contributed by atoms with van der Waals surface area (Å²) in [5.74, 6) is 2.54. The highest BCUT2D eigenvalue weighted by molar-refractivity contribution is 6.03. The molecule has 5 rings (SSSR count). The third-order valence-corrected chi connectivity index (χ3v) is 6.48. The van der Waals surface area contributed by atoms with Crippen LogP contribution in [-0.2, 0) is 0 Å². The van der Waals surface area contributed by atoms with Gasteiger partial charge in [-0.1, -0.05) is 12.1 Å². The number of carbonyl (C=O) groups is 1. The molecule has 36 heavy (non-hydrogen) atoms. The van der Waals surface area contributed by atoms with E-state index in [1.165, 1.54) is 5.56 Å². The predicted octanol–water partition coefficient (Wildman–Crippen LogP) is 5.12. The van der Waals surface area contributed by atoms with E-state index >= 15 is 0 Å². The molecule has 1 amide bonds. The molecule has 0 bridgehead atoms. The molecule has 2 aromatic heterocycles. The van der Waals surface area contributed by atoms with Crippen molar-refractivity contribution < 1.29 is 14.3 Å². The molecule has 0 aliphatic carbocycles. The molecular formula is C28H31N5O3. The van der Waals surface area contributed by atoms with Crippen LogP contribution in [0.4, 0.5) is 5.82 Å². The highest BCUT2D eigenvalue weighted by atomic mass is 16.5. The van der Waals surface area contributed by atoms with Gasteiger partial charge in [-0.15, -0.1) is 0 Å². The van der Waals surface area contributed by atoms with Crippen LogP contribution in [0.25, 0.3) is 10.9 Å². The number of aromatic nitrogens is 2. The first kappa shape index (κ1) is 23.7. The molecule has 3 N–H and O–H groups in total. The largest absolute Gasteiger partial charge is 0.490 e. The maximum atomic E-state index is 12.9. The SMILES string of the molecule is CCOc1cc2c(ccn2NC)cc1Oc1ccnc(NC(=O)c2ccc(C3CCNCC3)cc2)c1. The van der Waals surface area contributed by atoms with Crippen LogP contribution in [0.1, 0.15) is 41.6 Å². The Bertz CT molecular complexity index is 1340. The first-order chi connectivity index (χ1) is 17.6. The van der Waals surface area contributed by atoms with Gasteiger partial charge < -0.3 is 25.5 Å². The third-order valence-electron chi connectivity index (χ3n) is 6.48. The van der Waals surface area contributed by atoms with Gasteiger partial charge in [0.05, 0.1) is 12.1 Å². The molecule has 186 valence electrons. The molecule has 2 aromatic carbocycles. The summed E-state index contributed by atoms with van der Waals surface area (Å²) in [5.41, 5.74) is 5.99. The molecule has 0 spiro atoms. The van der Waals surface area contributed by atoms with E-state index in [1.807, 2.05) is 55.2 Å². The van der Waals surface area contributed by atoms with Crippen molar-refractivity contribution in [3.8, 4) is 17.2 Å². The number of rotatable bonds is 8. The number of hydrogen-bond acceptors (Lipinski definition) is 6. The van der Waals surface area contributed by atoms with E-state index in [4.69, 9.17) is 9.47 Å². The molecule has 0 radical (unpaired) electrons. The van der Waals surface area contributed by atoms with Crippen molar-refractivity contribution in [2.24, 2.45) is 0 Å². The minimum atomic E-state index is -0.207. The average Bonchev–Trinajstić information content (AvgIpc) is 3.31. The highest BCUT2D eigenvalue weighted by Crippen LogP contribution is 2.36. The van der Waals surface area contributed by atoms with Gasteiger partial charge in [0.1, 0.15) is 11.6 Å². The first-order valence-corrected chi connectivity index (χ1v) is 12.4. The fourth-order valence-corrected chi connectivity index (χ4v) is 4.61. The molecule has 1 aliphatic rings. The molecule has 0 saturated carbocycles. The fourth-order valence-electron chi connectivity index (χ4n) is 4.61. The smallest absolute Gasteiger partial charge is 0.256 e. The maximum absolute atomic E-state index is 12.9. The molecule has 1 aliphatic heterocycles. The Kier molecular flexibility index (Phi) is 7.04. The van der Waals surface area contributed by atoms with Crippen LogP contribution in [0, 0.1) is 0 Å². The maximum Gasteiger partial charge on any atom is 0.256 e. The summed E-state index contributed by atoms with van der Waals surface area (Å²) >= 11 is 0. The number of anilines is 1. The lowest BCUT2D eigenvalue weighted by molar-refractivity contribution is 0.102. The predicted molar refractivity (Wildman–Crippen MR) is 142 cm³/mol. The number of piperidine rings is 1. The van der Waals surface area contributed by atoms with Gasteiger partial charge in [-0.3, -0.25) is 9.47 Å². The van der Waals surface area contributed by atoms with Crippen LogP contribution in [-0.4, -0.2) is 42.3 Å². The number of nitrogens with zero attached hydrogens (tertiary/aromatic N) is 2. The number of hydrogen-bond donors (Lipinski definition) is 3. The normalized spacial score (nSPS) is 13.9. The van der Waals surface area contributed by atoms with Crippen molar-refractivity contribution in [3.63, 3.8) is 0 Å².